The molecule has 0 aromatic heterocycles. The van der Waals surface area contributed by atoms with Gasteiger partial charge in [0.05, 0.1) is 0 Å². The van der Waals surface area contributed by atoms with Crippen LogP contribution in [0.1, 0.15) is 27.7 Å². The Hall–Kier alpha value is -0.917. The Bertz CT molecular complexity index is 284. The molecule has 0 aromatic carbocycles. The SMILES string of the molecule is CC(=N\O)/C(C)=N/O.CC(=N\O)/C(C)=N/O.[Cl][Rh-][Cl]. The molecule has 4 N–H and O–H groups in total. The van der Waals surface area contributed by atoms with Gasteiger partial charge in [0.2, 0.25) is 0 Å². The molecule has 11 heteroatoms. The van der Waals surface area contributed by atoms with Gasteiger partial charge in [0.1, 0.15) is 22.8 Å². The second-order valence-electron chi connectivity index (χ2n) is 2.79. The zero-order valence-corrected chi connectivity index (χ0v) is 13.8. The van der Waals surface area contributed by atoms with Crippen molar-refractivity contribution in [1.29, 1.82) is 0 Å². The molecule has 0 fully saturated rings. The molecule has 0 atom stereocenters. The first-order chi connectivity index (χ1) is 8.85. The van der Waals surface area contributed by atoms with E-state index < -0.39 is 0 Å². The third-order valence-corrected chi connectivity index (χ3v) is 1.65. The van der Waals surface area contributed by atoms with Crippen molar-refractivity contribution in [2.45, 2.75) is 27.7 Å². The van der Waals surface area contributed by atoms with Crippen LogP contribution in [0.5, 0.6) is 0 Å². The molecule has 0 aliphatic rings. The third kappa shape index (κ3) is 17.1. The summed E-state index contributed by atoms with van der Waals surface area (Å²) in [6.45, 7) is 6.15. The molecule has 0 unspecified atom stereocenters. The Labute approximate surface area is 126 Å². The molecule has 0 amide bonds. The van der Waals surface area contributed by atoms with Gasteiger partial charge in [-0.25, -0.2) is 0 Å². The Morgan fingerprint density at radius 2 is 0.737 bits per heavy atom. The fourth-order valence-corrected chi connectivity index (χ4v) is 0.289. The van der Waals surface area contributed by atoms with Crippen LogP contribution in [0.25, 0.3) is 0 Å². The zero-order valence-electron chi connectivity index (χ0n) is 10.7. The molecule has 0 bridgehead atoms. The summed E-state index contributed by atoms with van der Waals surface area (Å²) in [5.74, 6) is 0. The molecule has 0 saturated carbocycles. The summed E-state index contributed by atoms with van der Waals surface area (Å²) in [5.41, 5.74) is 1.25. The predicted octanol–water partition coefficient (Wildman–Crippen LogP) is 2.75. The molecule has 19 heavy (non-hydrogen) atoms. The molecule has 0 spiro atoms. The average Bonchev–Trinajstić information content (AvgIpc) is 2.45. The Morgan fingerprint density at radius 1 is 0.632 bits per heavy atom. The maximum absolute atomic E-state index is 8.03. The van der Waals surface area contributed by atoms with Crippen LogP contribution in [0.3, 0.4) is 0 Å². The van der Waals surface area contributed by atoms with Crippen molar-refractivity contribution in [2.75, 3.05) is 0 Å². The fraction of sp³-hybridized carbons (Fsp3) is 0.500. The van der Waals surface area contributed by atoms with E-state index in [0.717, 1.165) is 0 Å². The second kappa shape index (κ2) is 17.1. The van der Waals surface area contributed by atoms with Crippen LogP contribution >= 0.6 is 19.4 Å². The topological polar surface area (TPSA) is 130 Å². The fourth-order valence-electron chi connectivity index (χ4n) is 0.289. The second-order valence-corrected chi connectivity index (χ2v) is 5.28. The molecule has 8 nitrogen and oxygen atoms in total. The minimum atomic E-state index is -0.226. The van der Waals surface area contributed by atoms with E-state index >= 15 is 0 Å². The number of halogens is 2. The van der Waals surface area contributed by atoms with E-state index in [2.05, 4.69) is 20.6 Å². The van der Waals surface area contributed by atoms with E-state index in [1.165, 1.54) is 27.7 Å². The van der Waals surface area contributed by atoms with Gasteiger partial charge < -0.3 is 20.8 Å². The first-order valence-corrected chi connectivity index (χ1v) is 8.67. The molecule has 0 aromatic rings. The molecular weight excluding hydrogens is 390 g/mol. The molecule has 116 valence electrons. The predicted molar refractivity (Wildman–Crippen MR) is 71.3 cm³/mol. The number of hydrogen-bond donors (Lipinski definition) is 4. The van der Waals surface area contributed by atoms with Crippen LogP contribution in [0.4, 0.5) is 0 Å². The van der Waals surface area contributed by atoms with Crippen LogP contribution in [-0.4, -0.2) is 43.7 Å². The monoisotopic (exact) mass is 405 g/mol. The summed E-state index contributed by atoms with van der Waals surface area (Å²) in [6.07, 6.45) is 0. The van der Waals surface area contributed by atoms with Crippen LogP contribution in [0.2, 0.25) is 0 Å². The van der Waals surface area contributed by atoms with Crippen molar-refractivity contribution in [3.63, 3.8) is 0 Å². The summed E-state index contributed by atoms with van der Waals surface area (Å²) >= 11 is -0.226. The van der Waals surface area contributed by atoms with Gasteiger partial charge in [-0.3, -0.25) is 0 Å². The van der Waals surface area contributed by atoms with Gasteiger partial charge in [-0.1, -0.05) is 20.6 Å². The Kier molecular flexibility index (Phi) is 20.9. The third-order valence-electron chi connectivity index (χ3n) is 1.65. The van der Waals surface area contributed by atoms with Gasteiger partial charge in [-0.15, -0.1) is 0 Å². The number of hydrogen-bond acceptors (Lipinski definition) is 8. The van der Waals surface area contributed by atoms with Crippen LogP contribution in [-0.2, 0) is 15.1 Å². The summed E-state index contributed by atoms with van der Waals surface area (Å²) in [6, 6.07) is 0. The maximum atomic E-state index is 8.03. The van der Waals surface area contributed by atoms with E-state index in [1.54, 1.807) is 0 Å². The van der Waals surface area contributed by atoms with Crippen molar-refractivity contribution in [3.8, 4) is 0 Å². The molecular formula is C8H16Cl2N4O4Rh-. The van der Waals surface area contributed by atoms with Crippen LogP contribution < -0.4 is 0 Å². The van der Waals surface area contributed by atoms with E-state index in [0.29, 0.717) is 22.8 Å². The van der Waals surface area contributed by atoms with Crippen molar-refractivity contribution < 1.29 is 36.0 Å². The molecule has 0 heterocycles. The number of oxime groups is 4. The summed E-state index contributed by atoms with van der Waals surface area (Å²) < 4.78 is 0. The van der Waals surface area contributed by atoms with E-state index in [1.807, 2.05) is 0 Å². The number of nitrogens with zero attached hydrogens (tertiary/aromatic N) is 4. The van der Waals surface area contributed by atoms with E-state index in [9.17, 15) is 0 Å². The van der Waals surface area contributed by atoms with E-state index in [4.69, 9.17) is 40.2 Å². The van der Waals surface area contributed by atoms with E-state index in [-0.39, 0.29) is 15.1 Å². The first kappa shape index (κ1) is 23.2. The van der Waals surface area contributed by atoms with Gasteiger partial charge in [-0.2, -0.15) is 0 Å². The number of rotatable bonds is 2. The van der Waals surface area contributed by atoms with Gasteiger partial charge in [0.15, 0.2) is 0 Å². The first-order valence-electron chi connectivity index (χ1n) is 4.45. The quantitative estimate of drug-likeness (QED) is 0.243. The van der Waals surface area contributed by atoms with Crippen LogP contribution in [0.15, 0.2) is 20.6 Å². The van der Waals surface area contributed by atoms with Crippen molar-refractivity contribution >= 4 is 42.2 Å². The van der Waals surface area contributed by atoms with Crippen molar-refractivity contribution in [1.82, 2.24) is 0 Å². The summed E-state index contributed by atoms with van der Waals surface area (Å²) in [5, 5.41) is 43.3. The molecule has 0 aliphatic carbocycles. The zero-order chi connectivity index (χ0) is 15.8. The standard InChI is InChI=1S/2C4H8N2O2.2ClH.Rh/c2*1-3(5-7)4(2)6-8;;;/h2*7-8H,1-2H3;2*1H;/q;;;;+1/p-2/b2*5-3+,6-4+;;;. The van der Waals surface area contributed by atoms with Gasteiger partial charge in [-0.05, 0) is 27.7 Å². The minimum absolute atomic E-state index is 0.226. The molecule has 0 saturated heterocycles. The van der Waals surface area contributed by atoms with Gasteiger partial charge >= 0.3 is 34.5 Å². The molecule has 0 rings (SSSR count). The van der Waals surface area contributed by atoms with Gasteiger partial charge in [0.25, 0.3) is 0 Å². The average molecular weight is 406 g/mol. The molecule has 0 aliphatic heterocycles. The summed E-state index contributed by atoms with van der Waals surface area (Å²) in [4.78, 5) is 0. The van der Waals surface area contributed by atoms with Gasteiger partial charge in [0, 0.05) is 0 Å². The Morgan fingerprint density at radius 3 is 0.789 bits per heavy atom. The summed E-state index contributed by atoms with van der Waals surface area (Å²) in [7, 11) is 9.67. The van der Waals surface area contributed by atoms with Crippen molar-refractivity contribution in [2.24, 2.45) is 20.6 Å². The molecule has 0 radical (unpaired) electrons. The Balaban J connectivity index is -0.000000224. The van der Waals surface area contributed by atoms with Crippen LogP contribution in [0, 0.1) is 0 Å². The van der Waals surface area contributed by atoms with Crippen molar-refractivity contribution in [3.05, 3.63) is 0 Å². The normalized spacial score (nSPS) is 13.2.